The molecule has 0 atom stereocenters. The van der Waals surface area contributed by atoms with Crippen LogP contribution in [0.15, 0.2) is 24.3 Å². The van der Waals surface area contributed by atoms with Crippen LogP contribution in [0.5, 0.6) is 5.75 Å². The molecule has 27 heavy (non-hydrogen) atoms. The van der Waals surface area contributed by atoms with Crippen LogP contribution in [0, 0.1) is 5.92 Å². The number of nitrogens with zero attached hydrogens (tertiary/aromatic N) is 3. The lowest BCUT2D eigenvalue weighted by Gasteiger charge is -2.34. The largest absolute Gasteiger partial charge is 0.497 e. The number of ether oxygens (including phenoxy) is 1. The maximum atomic E-state index is 12.8. The van der Waals surface area contributed by atoms with Crippen molar-refractivity contribution < 1.29 is 9.53 Å². The maximum Gasteiger partial charge on any atom is 0.236 e. The molecule has 5 heteroatoms. The zero-order chi connectivity index (χ0) is 19.2. The lowest BCUT2D eigenvalue weighted by atomic mass is 9.87. The average molecular weight is 374 g/mol. The first-order valence-electron chi connectivity index (χ1n) is 10.4. The van der Waals surface area contributed by atoms with Crippen LogP contribution in [0.1, 0.15) is 39.0 Å². The van der Waals surface area contributed by atoms with E-state index in [2.05, 4.69) is 28.9 Å². The SMILES string of the molecule is COc1ccc(N2CCCN(CC(=O)N(C)C3CCC(C)CC3)CC2)cc1. The smallest absolute Gasteiger partial charge is 0.236 e. The van der Waals surface area contributed by atoms with E-state index >= 15 is 0 Å². The van der Waals surface area contributed by atoms with Crippen molar-refractivity contribution in [3.63, 3.8) is 0 Å². The van der Waals surface area contributed by atoms with Gasteiger partial charge in [-0.25, -0.2) is 0 Å². The van der Waals surface area contributed by atoms with E-state index in [1.165, 1.54) is 18.5 Å². The first kappa shape index (κ1) is 20.0. The molecule has 0 aromatic heterocycles. The Morgan fingerprint density at radius 2 is 1.78 bits per heavy atom. The Kier molecular flexibility index (Phi) is 7.00. The molecule has 1 heterocycles. The minimum absolute atomic E-state index is 0.285. The molecule has 0 radical (unpaired) electrons. The quantitative estimate of drug-likeness (QED) is 0.794. The van der Waals surface area contributed by atoms with Gasteiger partial charge in [-0.2, -0.15) is 0 Å². The molecular formula is C22H35N3O2. The normalized spacial score (nSPS) is 24.3. The highest BCUT2D eigenvalue weighted by molar-refractivity contribution is 5.78. The summed E-state index contributed by atoms with van der Waals surface area (Å²) in [6.45, 7) is 6.81. The van der Waals surface area contributed by atoms with Gasteiger partial charge in [0.2, 0.25) is 5.91 Å². The Morgan fingerprint density at radius 1 is 1.07 bits per heavy atom. The van der Waals surface area contributed by atoms with Crippen LogP contribution in [0.4, 0.5) is 5.69 Å². The summed E-state index contributed by atoms with van der Waals surface area (Å²) in [5, 5.41) is 0. The highest BCUT2D eigenvalue weighted by Crippen LogP contribution is 2.26. The second-order valence-electron chi connectivity index (χ2n) is 8.23. The summed E-state index contributed by atoms with van der Waals surface area (Å²) in [6.07, 6.45) is 5.92. The van der Waals surface area contributed by atoms with Gasteiger partial charge in [0, 0.05) is 45.0 Å². The lowest BCUT2D eigenvalue weighted by Crippen LogP contribution is -2.45. The topological polar surface area (TPSA) is 36.0 Å². The zero-order valence-electron chi connectivity index (χ0n) is 17.2. The molecule has 0 bridgehead atoms. The van der Waals surface area contributed by atoms with Crippen molar-refractivity contribution in [2.45, 2.75) is 45.1 Å². The first-order chi connectivity index (χ1) is 13.1. The Balaban J connectivity index is 1.49. The number of benzene rings is 1. The van der Waals surface area contributed by atoms with E-state index in [0.717, 1.165) is 57.1 Å². The van der Waals surface area contributed by atoms with Gasteiger partial charge in [-0.3, -0.25) is 9.69 Å². The molecule has 5 nitrogen and oxygen atoms in total. The molecule has 3 rings (SSSR count). The minimum atomic E-state index is 0.285. The minimum Gasteiger partial charge on any atom is -0.497 e. The molecule has 2 aliphatic rings. The van der Waals surface area contributed by atoms with Gasteiger partial charge in [0.05, 0.1) is 13.7 Å². The molecule has 1 aliphatic heterocycles. The summed E-state index contributed by atoms with van der Waals surface area (Å²) in [5.74, 6) is 1.99. The maximum absolute atomic E-state index is 12.8. The number of carbonyl (C=O) groups excluding carboxylic acids is 1. The van der Waals surface area contributed by atoms with E-state index in [4.69, 9.17) is 4.74 Å². The van der Waals surface area contributed by atoms with Crippen molar-refractivity contribution in [2.24, 2.45) is 5.92 Å². The fourth-order valence-electron chi connectivity index (χ4n) is 4.32. The first-order valence-corrected chi connectivity index (χ1v) is 10.4. The van der Waals surface area contributed by atoms with Crippen molar-refractivity contribution in [2.75, 3.05) is 51.8 Å². The van der Waals surface area contributed by atoms with Gasteiger partial charge < -0.3 is 14.5 Å². The number of rotatable bonds is 5. The number of likely N-dealkylation sites (N-methyl/N-ethyl adjacent to an activating group) is 1. The van der Waals surface area contributed by atoms with Crippen LogP contribution in [0.3, 0.4) is 0 Å². The molecule has 0 N–H and O–H groups in total. The summed E-state index contributed by atoms with van der Waals surface area (Å²) in [6, 6.07) is 8.72. The van der Waals surface area contributed by atoms with Crippen LogP contribution in [0.25, 0.3) is 0 Å². The van der Waals surface area contributed by atoms with Gasteiger partial charge >= 0.3 is 0 Å². The second kappa shape index (κ2) is 9.45. The summed E-state index contributed by atoms with van der Waals surface area (Å²) < 4.78 is 5.25. The van der Waals surface area contributed by atoms with E-state index < -0.39 is 0 Å². The van der Waals surface area contributed by atoms with Crippen molar-refractivity contribution in [3.05, 3.63) is 24.3 Å². The summed E-state index contributed by atoms with van der Waals surface area (Å²) >= 11 is 0. The molecule has 1 saturated heterocycles. The Hall–Kier alpha value is -1.75. The number of hydrogen-bond donors (Lipinski definition) is 0. The molecular weight excluding hydrogens is 338 g/mol. The molecule has 2 fully saturated rings. The molecule has 1 amide bonds. The van der Waals surface area contributed by atoms with Crippen LogP contribution in [0.2, 0.25) is 0 Å². The lowest BCUT2D eigenvalue weighted by molar-refractivity contribution is -0.133. The van der Waals surface area contributed by atoms with Gasteiger partial charge in [0.25, 0.3) is 0 Å². The molecule has 0 spiro atoms. The Bertz CT molecular complexity index is 596. The van der Waals surface area contributed by atoms with E-state index in [0.29, 0.717) is 12.6 Å². The highest BCUT2D eigenvalue weighted by atomic mass is 16.5. The van der Waals surface area contributed by atoms with E-state index in [-0.39, 0.29) is 5.91 Å². The Morgan fingerprint density at radius 3 is 2.44 bits per heavy atom. The fourth-order valence-corrected chi connectivity index (χ4v) is 4.32. The van der Waals surface area contributed by atoms with Gasteiger partial charge in [0.1, 0.15) is 5.75 Å². The van der Waals surface area contributed by atoms with Gasteiger partial charge in [0.15, 0.2) is 0 Å². The molecule has 1 aromatic rings. The number of anilines is 1. The average Bonchev–Trinajstić information content (AvgIpc) is 2.93. The van der Waals surface area contributed by atoms with Gasteiger partial charge in [-0.1, -0.05) is 6.92 Å². The van der Waals surface area contributed by atoms with Gasteiger partial charge in [-0.05, 0) is 62.3 Å². The third-order valence-corrected chi connectivity index (χ3v) is 6.31. The van der Waals surface area contributed by atoms with E-state index in [1.807, 2.05) is 24.1 Å². The Labute approximate surface area is 164 Å². The van der Waals surface area contributed by atoms with Crippen LogP contribution in [-0.2, 0) is 4.79 Å². The number of hydrogen-bond acceptors (Lipinski definition) is 4. The fraction of sp³-hybridized carbons (Fsp3) is 0.682. The monoisotopic (exact) mass is 373 g/mol. The van der Waals surface area contributed by atoms with Crippen molar-refractivity contribution in [3.8, 4) is 5.75 Å². The number of amides is 1. The predicted octanol–water partition coefficient (Wildman–Crippen LogP) is 3.24. The summed E-state index contributed by atoms with van der Waals surface area (Å²) in [5.41, 5.74) is 1.23. The summed E-state index contributed by atoms with van der Waals surface area (Å²) in [4.78, 5) is 19.5. The van der Waals surface area contributed by atoms with Crippen LogP contribution in [-0.4, -0.2) is 68.6 Å². The third-order valence-electron chi connectivity index (χ3n) is 6.31. The van der Waals surface area contributed by atoms with Crippen LogP contribution >= 0.6 is 0 Å². The molecule has 150 valence electrons. The number of carbonyl (C=O) groups is 1. The van der Waals surface area contributed by atoms with Crippen LogP contribution < -0.4 is 9.64 Å². The molecule has 0 unspecified atom stereocenters. The second-order valence-corrected chi connectivity index (χ2v) is 8.23. The van der Waals surface area contributed by atoms with E-state index in [9.17, 15) is 4.79 Å². The highest BCUT2D eigenvalue weighted by Gasteiger charge is 2.26. The third kappa shape index (κ3) is 5.38. The van der Waals surface area contributed by atoms with Crippen molar-refractivity contribution in [1.29, 1.82) is 0 Å². The molecule has 1 aliphatic carbocycles. The van der Waals surface area contributed by atoms with E-state index in [1.54, 1.807) is 7.11 Å². The van der Waals surface area contributed by atoms with Gasteiger partial charge in [-0.15, -0.1) is 0 Å². The predicted molar refractivity (Wildman–Crippen MR) is 110 cm³/mol. The van der Waals surface area contributed by atoms with Crippen molar-refractivity contribution in [1.82, 2.24) is 9.80 Å². The zero-order valence-corrected chi connectivity index (χ0v) is 17.2. The number of methoxy groups -OCH3 is 1. The molecule has 1 aromatic carbocycles. The standard InChI is InChI=1S/C22H35N3O2/c1-18-5-7-19(8-6-18)23(2)22(26)17-24-13-4-14-25(16-15-24)20-9-11-21(27-3)12-10-20/h9-12,18-19H,4-8,13-17H2,1-3H3. The van der Waals surface area contributed by atoms with Crippen molar-refractivity contribution >= 4 is 11.6 Å². The molecule has 1 saturated carbocycles. The summed E-state index contributed by atoms with van der Waals surface area (Å²) in [7, 11) is 3.70.